The van der Waals surface area contributed by atoms with Gasteiger partial charge in [-0.3, -0.25) is 4.57 Å². The second kappa shape index (κ2) is 6.57. The zero-order valence-corrected chi connectivity index (χ0v) is 12.1. The molecule has 0 saturated carbocycles. The highest BCUT2D eigenvalue weighted by molar-refractivity contribution is 7.99. The zero-order valence-electron chi connectivity index (χ0n) is 11.3. The number of imidazole rings is 1. The normalized spacial score (nSPS) is 10.6. The SMILES string of the molecule is CC(=O)CCCSc1nccn1-c1ccccc1C. The van der Waals surface area contributed by atoms with E-state index in [2.05, 4.69) is 28.6 Å². The quantitative estimate of drug-likeness (QED) is 0.596. The molecular formula is C15H18N2OS. The number of para-hydroxylation sites is 1. The highest BCUT2D eigenvalue weighted by atomic mass is 32.2. The molecule has 1 aromatic heterocycles. The van der Waals surface area contributed by atoms with E-state index in [-0.39, 0.29) is 5.78 Å². The fraction of sp³-hybridized carbons (Fsp3) is 0.333. The minimum absolute atomic E-state index is 0.253. The van der Waals surface area contributed by atoms with Crippen LogP contribution in [0.2, 0.25) is 0 Å². The Morgan fingerprint density at radius 1 is 1.37 bits per heavy atom. The largest absolute Gasteiger partial charge is 0.300 e. The minimum atomic E-state index is 0.253. The first-order valence-electron chi connectivity index (χ1n) is 6.40. The molecule has 100 valence electrons. The van der Waals surface area contributed by atoms with Crippen molar-refractivity contribution in [2.75, 3.05) is 5.75 Å². The highest BCUT2D eigenvalue weighted by Gasteiger charge is 2.07. The van der Waals surface area contributed by atoms with Crippen LogP contribution in [0.4, 0.5) is 0 Å². The summed E-state index contributed by atoms with van der Waals surface area (Å²) < 4.78 is 2.10. The molecule has 0 fully saturated rings. The van der Waals surface area contributed by atoms with Crippen LogP contribution in [0.25, 0.3) is 5.69 Å². The molecule has 0 unspecified atom stereocenters. The standard InChI is InChI=1S/C15H18N2OS/c1-12-6-3-4-8-14(12)17-10-9-16-15(17)19-11-5-7-13(2)18/h3-4,6,8-10H,5,7,11H2,1-2H3. The monoisotopic (exact) mass is 274 g/mol. The molecule has 1 heterocycles. The van der Waals surface area contributed by atoms with Crippen molar-refractivity contribution < 1.29 is 4.79 Å². The molecule has 2 rings (SSSR count). The van der Waals surface area contributed by atoms with Gasteiger partial charge in [-0.05, 0) is 31.9 Å². The molecule has 0 aliphatic carbocycles. The van der Waals surface area contributed by atoms with Crippen LogP contribution in [0.5, 0.6) is 0 Å². The fourth-order valence-electron chi connectivity index (χ4n) is 1.90. The summed E-state index contributed by atoms with van der Waals surface area (Å²) in [5, 5.41) is 0.984. The van der Waals surface area contributed by atoms with Crippen LogP contribution in [0.3, 0.4) is 0 Å². The van der Waals surface area contributed by atoms with Crippen LogP contribution in [0.1, 0.15) is 25.3 Å². The molecule has 4 heteroatoms. The molecule has 0 N–H and O–H groups in total. The molecule has 0 spiro atoms. The van der Waals surface area contributed by atoms with E-state index in [1.165, 1.54) is 5.56 Å². The third kappa shape index (κ3) is 3.70. The number of carbonyl (C=O) groups is 1. The van der Waals surface area contributed by atoms with Crippen LogP contribution in [0, 0.1) is 6.92 Å². The molecule has 3 nitrogen and oxygen atoms in total. The Bertz CT molecular complexity index is 563. The number of aromatic nitrogens is 2. The van der Waals surface area contributed by atoms with Crippen molar-refractivity contribution in [1.29, 1.82) is 0 Å². The van der Waals surface area contributed by atoms with E-state index >= 15 is 0 Å². The van der Waals surface area contributed by atoms with Gasteiger partial charge in [0, 0.05) is 24.6 Å². The first-order chi connectivity index (χ1) is 9.18. The van der Waals surface area contributed by atoms with Crippen LogP contribution < -0.4 is 0 Å². The maximum Gasteiger partial charge on any atom is 0.172 e. The molecule has 0 atom stereocenters. The van der Waals surface area contributed by atoms with Gasteiger partial charge in [0.1, 0.15) is 5.78 Å². The van der Waals surface area contributed by atoms with Crippen LogP contribution in [0.15, 0.2) is 41.8 Å². The number of thioether (sulfide) groups is 1. The van der Waals surface area contributed by atoms with E-state index in [9.17, 15) is 4.79 Å². The lowest BCUT2D eigenvalue weighted by molar-refractivity contribution is -0.117. The number of carbonyl (C=O) groups excluding carboxylic acids is 1. The van der Waals surface area contributed by atoms with Gasteiger partial charge >= 0.3 is 0 Å². The zero-order chi connectivity index (χ0) is 13.7. The molecule has 0 bridgehead atoms. The Balaban J connectivity index is 2.06. The van der Waals surface area contributed by atoms with Crippen molar-refractivity contribution in [2.24, 2.45) is 0 Å². The third-order valence-corrected chi connectivity index (χ3v) is 3.94. The summed E-state index contributed by atoms with van der Waals surface area (Å²) in [7, 11) is 0. The lowest BCUT2D eigenvalue weighted by atomic mass is 10.2. The van der Waals surface area contributed by atoms with Crippen LogP contribution in [-0.4, -0.2) is 21.1 Å². The first-order valence-corrected chi connectivity index (χ1v) is 7.38. The minimum Gasteiger partial charge on any atom is -0.300 e. The molecule has 0 aliphatic heterocycles. The molecular weight excluding hydrogens is 256 g/mol. The summed E-state index contributed by atoms with van der Waals surface area (Å²) in [5.41, 5.74) is 2.39. The Morgan fingerprint density at radius 2 is 2.16 bits per heavy atom. The van der Waals surface area contributed by atoms with E-state index in [1.807, 2.05) is 24.5 Å². The van der Waals surface area contributed by atoms with E-state index in [0.29, 0.717) is 6.42 Å². The van der Waals surface area contributed by atoms with E-state index in [1.54, 1.807) is 18.7 Å². The number of benzene rings is 1. The van der Waals surface area contributed by atoms with Gasteiger partial charge in [0.05, 0.1) is 5.69 Å². The molecule has 2 aromatic rings. The Kier molecular flexibility index (Phi) is 4.80. The topological polar surface area (TPSA) is 34.9 Å². The van der Waals surface area contributed by atoms with Crippen molar-refractivity contribution in [1.82, 2.24) is 9.55 Å². The number of rotatable bonds is 6. The highest BCUT2D eigenvalue weighted by Crippen LogP contribution is 2.23. The molecule has 0 aliphatic rings. The van der Waals surface area contributed by atoms with Crippen LogP contribution in [-0.2, 0) is 4.79 Å². The van der Waals surface area contributed by atoms with Crippen molar-refractivity contribution in [3.8, 4) is 5.69 Å². The van der Waals surface area contributed by atoms with E-state index < -0.39 is 0 Å². The van der Waals surface area contributed by atoms with Gasteiger partial charge in [-0.2, -0.15) is 0 Å². The summed E-state index contributed by atoms with van der Waals surface area (Å²) in [6, 6.07) is 8.26. The third-order valence-electron chi connectivity index (χ3n) is 2.89. The Morgan fingerprint density at radius 3 is 2.89 bits per heavy atom. The Labute approximate surface area is 118 Å². The van der Waals surface area contributed by atoms with Gasteiger partial charge in [0.15, 0.2) is 5.16 Å². The summed E-state index contributed by atoms with van der Waals surface area (Å²) in [4.78, 5) is 15.3. The number of ketones is 1. The lowest BCUT2D eigenvalue weighted by Gasteiger charge is -2.09. The smallest absolute Gasteiger partial charge is 0.172 e. The van der Waals surface area contributed by atoms with Crippen molar-refractivity contribution >= 4 is 17.5 Å². The lowest BCUT2D eigenvalue weighted by Crippen LogP contribution is -1.98. The van der Waals surface area contributed by atoms with Crippen molar-refractivity contribution in [3.63, 3.8) is 0 Å². The van der Waals surface area contributed by atoms with Crippen LogP contribution >= 0.6 is 11.8 Å². The number of Topliss-reactive ketones (excluding diaryl/α,β-unsaturated/α-hetero) is 1. The van der Waals surface area contributed by atoms with Crippen molar-refractivity contribution in [2.45, 2.75) is 31.8 Å². The average molecular weight is 274 g/mol. The maximum atomic E-state index is 10.9. The number of aryl methyl sites for hydroxylation is 1. The predicted molar refractivity (Wildman–Crippen MR) is 78.9 cm³/mol. The van der Waals surface area contributed by atoms with E-state index in [0.717, 1.165) is 23.0 Å². The van der Waals surface area contributed by atoms with Gasteiger partial charge in [-0.25, -0.2) is 4.98 Å². The number of hydrogen-bond donors (Lipinski definition) is 0. The predicted octanol–water partition coefficient (Wildman–Crippen LogP) is 3.64. The number of hydrogen-bond acceptors (Lipinski definition) is 3. The molecule has 0 amide bonds. The second-order valence-corrected chi connectivity index (χ2v) is 5.58. The van der Waals surface area contributed by atoms with Gasteiger partial charge < -0.3 is 4.79 Å². The maximum absolute atomic E-state index is 10.9. The summed E-state index contributed by atoms with van der Waals surface area (Å²) in [6.07, 6.45) is 5.36. The Hall–Kier alpha value is -1.55. The number of nitrogens with zero attached hydrogens (tertiary/aromatic N) is 2. The van der Waals surface area contributed by atoms with Gasteiger partial charge in [-0.1, -0.05) is 30.0 Å². The summed E-state index contributed by atoms with van der Waals surface area (Å²) in [6.45, 7) is 3.73. The summed E-state index contributed by atoms with van der Waals surface area (Å²) in [5.74, 6) is 1.17. The molecule has 1 aromatic carbocycles. The first kappa shape index (κ1) is 13.9. The summed E-state index contributed by atoms with van der Waals surface area (Å²) >= 11 is 1.70. The van der Waals surface area contributed by atoms with Crippen molar-refractivity contribution in [3.05, 3.63) is 42.2 Å². The van der Waals surface area contributed by atoms with E-state index in [4.69, 9.17) is 0 Å². The average Bonchev–Trinajstić information content (AvgIpc) is 2.83. The van der Waals surface area contributed by atoms with Gasteiger partial charge in [-0.15, -0.1) is 0 Å². The molecule has 0 saturated heterocycles. The fourth-order valence-corrected chi connectivity index (χ4v) is 2.80. The van der Waals surface area contributed by atoms with Gasteiger partial charge in [0.25, 0.3) is 0 Å². The molecule has 19 heavy (non-hydrogen) atoms. The van der Waals surface area contributed by atoms with Gasteiger partial charge in [0.2, 0.25) is 0 Å². The second-order valence-electron chi connectivity index (χ2n) is 4.52. The molecule has 0 radical (unpaired) electrons.